The van der Waals surface area contributed by atoms with Gasteiger partial charge in [-0.2, -0.15) is 0 Å². The lowest BCUT2D eigenvalue weighted by molar-refractivity contribution is 0.261. The van der Waals surface area contributed by atoms with E-state index in [2.05, 4.69) is 30.9 Å². The van der Waals surface area contributed by atoms with E-state index >= 15 is 0 Å². The average Bonchev–Trinajstić information content (AvgIpc) is 1.97. The molecular formula is C9H18ClN. The maximum absolute atomic E-state index is 5.65. The molecule has 0 saturated heterocycles. The largest absolute Gasteiger partial charge is 0.296 e. The lowest BCUT2D eigenvalue weighted by Crippen LogP contribution is -2.32. The summed E-state index contributed by atoms with van der Waals surface area (Å²) in [6, 6.07) is 0.588. The first-order valence-corrected chi connectivity index (χ1v) is 4.67. The minimum absolute atomic E-state index is 0.588. The molecule has 0 heterocycles. The van der Waals surface area contributed by atoms with Crippen molar-refractivity contribution < 1.29 is 0 Å². The van der Waals surface area contributed by atoms with Crippen molar-refractivity contribution in [3.63, 3.8) is 0 Å². The van der Waals surface area contributed by atoms with Crippen molar-refractivity contribution >= 4 is 11.6 Å². The summed E-state index contributed by atoms with van der Waals surface area (Å²) < 4.78 is 0. The van der Waals surface area contributed by atoms with E-state index in [9.17, 15) is 0 Å². The van der Waals surface area contributed by atoms with Crippen LogP contribution < -0.4 is 0 Å². The fraction of sp³-hybridized carbons (Fsp3) is 0.778. The molecule has 11 heavy (non-hydrogen) atoms. The average molecular weight is 176 g/mol. The Labute approximate surface area is 75.0 Å². The van der Waals surface area contributed by atoms with Crippen LogP contribution in [0, 0.1) is 0 Å². The van der Waals surface area contributed by atoms with Gasteiger partial charge in [-0.15, -0.1) is 11.6 Å². The van der Waals surface area contributed by atoms with Crippen LogP contribution in [0.15, 0.2) is 12.2 Å². The van der Waals surface area contributed by atoms with Gasteiger partial charge in [0.15, 0.2) is 0 Å². The summed E-state index contributed by atoms with van der Waals surface area (Å²) in [5.74, 6) is 0.718. The van der Waals surface area contributed by atoms with Crippen molar-refractivity contribution in [1.29, 1.82) is 0 Å². The van der Waals surface area contributed by atoms with Gasteiger partial charge in [0.1, 0.15) is 0 Å². The van der Waals surface area contributed by atoms with Gasteiger partial charge in [-0.05, 0) is 20.8 Å². The highest BCUT2D eigenvalue weighted by molar-refractivity contribution is 6.18. The summed E-state index contributed by atoms with van der Waals surface area (Å²) in [7, 11) is 0. The zero-order valence-corrected chi connectivity index (χ0v) is 8.43. The molecule has 66 valence electrons. The van der Waals surface area contributed by atoms with Crippen molar-refractivity contribution in [3.05, 3.63) is 12.2 Å². The Morgan fingerprint density at radius 3 is 2.45 bits per heavy atom. The third-order valence-electron chi connectivity index (χ3n) is 1.68. The highest BCUT2D eigenvalue weighted by Crippen LogP contribution is 1.98. The number of hydrogen-bond acceptors (Lipinski definition) is 1. The van der Waals surface area contributed by atoms with Gasteiger partial charge >= 0.3 is 0 Å². The Hall–Kier alpha value is -0.0100. The second kappa shape index (κ2) is 6.68. The smallest absolute Gasteiger partial charge is 0.0351 e. The number of allylic oxidation sites excluding steroid dienone is 1. The van der Waals surface area contributed by atoms with Crippen LogP contribution in [0.3, 0.4) is 0 Å². The zero-order chi connectivity index (χ0) is 8.69. The summed E-state index contributed by atoms with van der Waals surface area (Å²) in [6.45, 7) is 8.41. The first-order chi connectivity index (χ1) is 5.22. The number of halogens is 1. The van der Waals surface area contributed by atoms with Crippen molar-refractivity contribution in [1.82, 2.24) is 4.90 Å². The SMILES string of the molecule is C/C=C/CN(CCCl)C(C)C. The second-order valence-corrected chi connectivity index (χ2v) is 3.22. The fourth-order valence-electron chi connectivity index (χ4n) is 0.910. The normalized spacial score (nSPS) is 12.2. The van der Waals surface area contributed by atoms with E-state index in [1.54, 1.807) is 0 Å². The summed E-state index contributed by atoms with van der Waals surface area (Å²) in [5.41, 5.74) is 0. The maximum atomic E-state index is 5.65. The van der Waals surface area contributed by atoms with Gasteiger partial charge in [0.2, 0.25) is 0 Å². The molecule has 0 aliphatic carbocycles. The van der Waals surface area contributed by atoms with Crippen LogP contribution in [-0.2, 0) is 0 Å². The van der Waals surface area contributed by atoms with Crippen molar-refractivity contribution in [3.8, 4) is 0 Å². The monoisotopic (exact) mass is 175 g/mol. The molecule has 0 amide bonds. The van der Waals surface area contributed by atoms with Gasteiger partial charge in [0.25, 0.3) is 0 Å². The number of rotatable bonds is 5. The minimum Gasteiger partial charge on any atom is -0.296 e. The molecule has 0 radical (unpaired) electrons. The number of hydrogen-bond donors (Lipinski definition) is 0. The predicted molar refractivity (Wildman–Crippen MR) is 52.2 cm³/mol. The number of nitrogens with zero attached hydrogens (tertiary/aromatic N) is 1. The van der Waals surface area contributed by atoms with Gasteiger partial charge in [0, 0.05) is 25.0 Å². The first kappa shape index (κ1) is 11.0. The second-order valence-electron chi connectivity index (χ2n) is 2.85. The van der Waals surface area contributed by atoms with Gasteiger partial charge in [0.05, 0.1) is 0 Å². The molecular weight excluding hydrogens is 158 g/mol. The van der Waals surface area contributed by atoms with Crippen LogP contribution in [0.4, 0.5) is 0 Å². The molecule has 1 nitrogen and oxygen atoms in total. The van der Waals surface area contributed by atoms with Crippen molar-refractivity contribution in [2.45, 2.75) is 26.8 Å². The zero-order valence-electron chi connectivity index (χ0n) is 7.68. The maximum Gasteiger partial charge on any atom is 0.0351 e. The van der Waals surface area contributed by atoms with Crippen molar-refractivity contribution in [2.75, 3.05) is 19.0 Å². The molecule has 0 N–H and O–H groups in total. The molecule has 0 atom stereocenters. The van der Waals surface area contributed by atoms with Crippen LogP contribution >= 0.6 is 11.6 Å². The van der Waals surface area contributed by atoms with E-state index < -0.39 is 0 Å². The summed E-state index contributed by atoms with van der Waals surface area (Å²) in [5, 5.41) is 0. The predicted octanol–water partition coefficient (Wildman–Crippen LogP) is 2.51. The van der Waals surface area contributed by atoms with E-state index in [0.29, 0.717) is 6.04 Å². The van der Waals surface area contributed by atoms with Gasteiger partial charge in [-0.1, -0.05) is 12.2 Å². The molecule has 0 rings (SSSR count). The van der Waals surface area contributed by atoms with Crippen molar-refractivity contribution in [2.24, 2.45) is 0 Å². The molecule has 2 heteroatoms. The number of alkyl halides is 1. The standard InChI is InChI=1S/C9H18ClN/c1-4-5-7-11(8-6-10)9(2)3/h4-5,9H,6-8H2,1-3H3/b5-4+. The van der Waals surface area contributed by atoms with Crippen LogP contribution in [0.25, 0.3) is 0 Å². The Kier molecular flexibility index (Phi) is 6.68. The van der Waals surface area contributed by atoms with E-state index in [1.807, 2.05) is 6.92 Å². The summed E-state index contributed by atoms with van der Waals surface area (Å²) in [4.78, 5) is 2.34. The van der Waals surface area contributed by atoms with Crippen LogP contribution in [0.1, 0.15) is 20.8 Å². The van der Waals surface area contributed by atoms with Gasteiger partial charge < -0.3 is 0 Å². The minimum atomic E-state index is 0.588. The van der Waals surface area contributed by atoms with Gasteiger partial charge in [-0.3, -0.25) is 4.90 Å². The highest BCUT2D eigenvalue weighted by atomic mass is 35.5. The Morgan fingerprint density at radius 2 is 2.09 bits per heavy atom. The molecule has 0 aliphatic rings. The quantitative estimate of drug-likeness (QED) is 0.459. The van der Waals surface area contributed by atoms with Crippen LogP contribution in [0.5, 0.6) is 0 Å². The molecule has 0 spiro atoms. The van der Waals surface area contributed by atoms with Crippen LogP contribution in [-0.4, -0.2) is 29.9 Å². The lowest BCUT2D eigenvalue weighted by Gasteiger charge is -2.23. The Balaban J connectivity index is 3.69. The summed E-state index contributed by atoms with van der Waals surface area (Å²) >= 11 is 5.65. The fourth-order valence-corrected chi connectivity index (χ4v) is 1.13. The first-order valence-electron chi connectivity index (χ1n) is 4.13. The molecule has 0 aromatic carbocycles. The molecule has 0 fully saturated rings. The topological polar surface area (TPSA) is 3.24 Å². The molecule has 0 saturated carbocycles. The van der Waals surface area contributed by atoms with E-state index in [0.717, 1.165) is 19.0 Å². The van der Waals surface area contributed by atoms with E-state index in [-0.39, 0.29) is 0 Å². The molecule has 0 aliphatic heterocycles. The van der Waals surface area contributed by atoms with E-state index in [1.165, 1.54) is 0 Å². The third-order valence-corrected chi connectivity index (χ3v) is 1.85. The third kappa shape index (κ3) is 5.28. The molecule has 0 aromatic heterocycles. The van der Waals surface area contributed by atoms with E-state index in [4.69, 9.17) is 11.6 Å². The van der Waals surface area contributed by atoms with Gasteiger partial charge in [-0.25, -0.2) is 0 Å². The summed E-state index contributed by atoms with van der Waals surface area (Å²) in [6.07, 6.45) is 4.23. The highest BCUT2D eigenvalue weighted by Gasteiger charge is 2.04. The molecule has 0 aromatic rings. The molecule has 0 unspecified atom stereocenters. The Morgan fingerprint density at radius 1 is 1.45 bits per heavy atom. The Bertz CT molecular complexity index is 110. The molecule has 0 bridgehead atoms. The van der Waals surface area contributed by atoms with Crippen LogP contribution in [0.2, 0.25) is 0 Å². The lowest BCUT2D eigenvalue weighted by atomic mass is 10.3.